The molecule has 1 aliphatic heterocycles. The first kappa shape index (κ1) is 25.6. The fraction of sp³-hybridized carbons (Fsp3) is 0.700. The number of ether oxygens (including phenoxy) is 1. The molecule has 0 bridgehead atoms. The van der Waals surface area contributed by atoms with E-state index in [0.717, 1.165) is 44.7 Å². The molecule has 4 atom stereocenters. The lowest BCUT2D eigenvalue weighted by atomic mass is 9.77. The van der Waals surface area contributed by atoms with E-state index in [0.29, 0.717) is 11.8 Å². The molecular formula is C20H34N4O6. The van der Waals surface area contributed by atoms with Crippen molar-refractivity contribution in [3.05, 3.63) is 17.2 Å². The molecule has 10 heteroatoms. The Morgan fingerprint density at radius 1 is 1.27 bits per heavy atom. The lowest BCUT2D eigenvalue weighted by molar-refractivity contribution is -0.123. The number of hydrogen-bond donors (Lipinski definition) is 4. The summed E-state index contributed by atoms with van der Waals surface area (Å²) in [6.07, 6.45) is 3.12. The van der Waals surface area contributed by atoms with E-state index in [4.69, 9.17) is 29.5 Å². The highest BCUT2D eigenvalue weighted by Gasteiger charge is 2.42. The van der Waals surface area contributed by atoms with E-state index in [2.05, 4.69) is 29.0 Å². The van der Waals surface area contributed by atoms with Crippen molar-refractivity contribution in [2.45, 2.75) is 58.7 Å². The second-order valence-corrected chi connectivity index (χ2v) is 7.59. The molecule has 1 saturated heterocycles. The number of rotatable bonds is 5. The topological polar surface area (TPSA) is 145 Å². The van der Waals surface area contributed by atoms with Gasteiger partial charge in [0.1, 0.15) is 5.82 Å². The number of carbonyl (C=O) groups excluding carboxylic acids is 1. The van der Waals surface area contributed by atoms with Gasteiger partial charge in [0.25, 0.3) is 12.9 Å². The van der Waals surface area contributed by atoms with Crippen LogP contribution in [0.15, 0.2) is 0 Å². The van der Waals surface area contributed by atoms with Crippen LogP contribution in [0.25, 0.3) is 0 Å². The molecule has 2 heterocycles. The minimum absolute atomic E-state index is 0.0367. The van der Waals surface area contributed by atoms with E-state index < -0.39 is 0 Å². The lowest BCUT2D eigenvalue weighted by Gasteiger charge is -2.37. The molecule has 3 rings (SSSR count). The fourth-order valence-corrected chi connectivity index (χ4v) is 4.41. The van der Waals surface area contributed by atoms with Crippen molar-refractivity contribution in [1.29, 1.82) is 0 Å². The number of imidazole rings is 1. The van der Waals surface area contributed by atoms with Crippen LogP contribution in [0.2, 0.25) is 0 Å². The van der Waals surface area contributed by atoms with Crippen LogP contribution in [-0.4, -0.2) is 76.3 Å². The third-order valence-corrected chi connectivity index (χ3v) is 5.63. The normalized spacial score (nSPS) is 25.1. The molecule has 30 heavy (non-hydrogen) atoms. The molecule has 10 nitrogen and oxygen atoms in total. The number of H-pyrrole nitrogens is 1. The maximum atomic E-state index is 11.5. The molecule has 1 saturated carbocycles. The highest BCUT2D eigenvalue weighted by Crippen LogP contribution is 2.38. The van der Waals surface area contributed by atoms with Gasteiger partial charge in [-0.25, -0.2) is 4.98 Å². The third kappa shape index (κ3) is 7.42. The number of nitrogens with one attached hydrogen (secondary N) is 2. The van der Waals surface area contributed by atoms with Crippen molar-refractivity contribution in [1.82, 2.24) is 20.2 Å². The predicted molar refractivity (Wildman–Crippen MR) is 110 cm³/mol. The summed E-state index contributed by atoms with van der Waals surface area (Å²) in [4.78, 5) is 38.8. The van der Waals surface area contributed by atoms with Gasteiger partial charge in [-0.05, 0) is 31.6 Å². The van der Waals surface area contributed by atoms with Crippen LogP contribution in [0.5, 0.6) is 0 Å². The Kier molecular flexibility index (Phi) is 11.1. The average molecular weight is 427 g/mol. The van der Waals surface area contributed by atoms with Crippen molar-refractivity contribution < 1.29 is 29.3 Å². The van der Waals surface area contributed by atoms with E-state index in [-0.39, 0.29) is 31.0 Å². The number of likely N-dealkylation sites (tertiary alicyclic amines) is 1. The molecule has 170 valence electrons. The summed E-state index contributed by atoms with van der Waals surface area (Å²) in [5, 5.41) is 16.9. The number of carbonyl (C=O) groups is 3. The van der Waals surface area contributed by atoms with Gasteiger partial charge in [0.15, 0.2) is 0 Å². The maximum Gasteiger partial charge on any atom is 0.290 e. The smallest absolute Gasteiger partial charge is 0.290 e. The van der Waals surface area contributed by atoms with E-state index >= 15 is 0 Å². The molecule has 1 amide bonds. The first-order chi connectivity index (χ1) is 14.3. The first-order valence-corrected chi connectivity index (χ1v) is 10.1. The van der Waals surface area contributed by atoms with Gasteiger partial charge in [-0.15, -0.1) is 0 Å². The Morgan fingerprint density at radius 3 is 2.30 bits per heavy atom. The fourth-order valence-electron chi connectivity index (χ4n) is 4.41. The SMILES string of the molecule is CCc1nc(CN2C[C@H]3C[C@@H](NC(C)=O)[C@H](OC)C[C@H]3C2)c(C)[nH]1.O=CO.O=CO. The molecule has 1 aromatic rings. The minimum Gasteiger partial charge on any atom is -0.483 e. The number of aromatic amines is 1. The summed E-state index contributed by atoms with van der Waals surface area (Å²) in [5.41, 5.74) is 2.36. The molecule has 0 unspecified atom stereocenters. The number of aryl methyl sites for hydroxylation is 2. The number of carboxylic acid groups (broad SMARTS) is 2. The monoisotopic (exact) mass is 426 g/mol. The second kappa shape index (κ2) is 13.0. The molecule has 2 aliphatic rings. The zero-order valence-corrected chi connectivity index (χ0v) is 18.1. The first-order valence-electron chi connectivity index (χ1n) is 10.1. The van der Waals surface area contributed by atoms with Crippen LogP contribution in [0, 0.1) is 18.8 Å². The number of aromatic nitrogens is 2. The van der Waals surface area contributed by atoms with Crippen molar-refractivity contribution in [2.75, 3.05) is 20.2 Å². The number of hydrogen-bond acceptors (Lipinski definition) is 6. The molecule has 1 aromatic heterocycles. The van der Waals surface area contributed by atoms with Crippen LogP contribution < -0.4 is 5.32 Å². The zero-order chi connectivity index (χ0) is 22.7. The summed E-state index contributed by atoms with van der Waals surface area (Å²) in [6.45, 7) is 8.43. The summed E-state index contributed by atoms with van der Waals surface area (Å²) >= 11 is 0. The van der Waals surface area contributed by atoms with Crippen LogP contribution >= 0.6 is 0 Å². The summed E-state index contributed by atoms with van der Waals surface area (Å²) in [6, 6.07) is 0.146. The van der Waals surface area contributed by atoms with Crippen molar-refractivity contribution >= 4 is 18.9 Å². The van der Waals surface area contributed by atoms with Crippen molar-refractivity contribution in [3.8, 4) is 0 Å². The molecule has 0 spiro atoms. The number of nitrogens with zero attached hydrogens (tertiary/aromatic N) is 2. The highest BCUT2D eigenvalue weighted by atomic mass is 16.5. The molecule has 4 N–H and O–H groups in total. The van der Waals surface area contributed by atoms with Crippen LogP contribution in [0.4, 0.5) is 0 Å². The minimum atomic E-state index is -0.250. The quantitative estimate of drug-likeness (QED) is 0.511. The molecule has 0 aromatic carbocycles. The molecular weight excluding hydrogens is 392 g/mol. The Balaban J connectivity index is 0.000000672. The van der Waals surface area contributed by atoms with Gasteiger partial charge in [-0.2, -0.15) is 0 Å². The van der Waals surface area contributed by atoms with Gasteiger partial charge in [0.2, 0.25) is 5.91 Å². The predicted octanol–water partition coefficient (Wildman–Crippen LogP) is 1.04. The van der Waals surface area contributed by atoms with E-state index in [9.17, 15) is 4.79 Å². The Labute approximate surface area is 177 Å². The van der Waals surface area contributed by atoms with Crippen LogP contribution in [-0.2, 0) is 32.1 Å². The van der Waals surface area contributed by atoms with Gasteiger partial charge < -0.3 is 25.3 Å². The van der Waals surface area contributed by atoms with E-state index in [1.165, 1.54) is 11.4 Å². The average Bonchev–Trinajstić information content (AvgIpc) is 3.24. The van der Waals surface area contributed by atoms with Gasteiger partial charge >= 0.3 is 0 Å². The highest BCUT2D eigenvalue weighted by molar-refractivity contribution is 5.73. The summed E-state index contributed by atoms with van der Waals surface area (Å²) in [5.74, 6) is 2.40. The number of methoxy groups -OCH3 is 1. The maximum absolute atomic E-state index is 11.5. The van der Waals surface area contributed by atoms with Gasteiger partial charge in [-0.3, -0.25) is 19.3 Å². The lowest BCUT2D eigenvalue weighted by Crippen LogP contribution is -2.49. The molecule has 0 radical (unpaired) electrons. The van der Waals surface area contributed by atoms with Crippen LogP contribution in [0.3, 0.4) is 0 Å². The van der Waals surface area contributed by atoms with Gasteiger partial charge in [0, 0.05) is 45.8 Å². The van der Waals surface area contributed by atoms with Gasteiger partial charge in [-0.1, -0.05) is 6.92 Å². The van der Waals surface area contributed by atoms with Crippen LogP contribution in [0.1, 0.15) is 43.9 Å². The Morgan fingerprint density at radius 2 is 1.83 bits per heavy atom. The van der Waals surface area contributed by atoms with Crippen molar-refractivity contribution in [3.63, 3.8) is 0 Å². The van der Waals surface area contributed by atoms with Crippen molar-refractivity contribution in [2.24, 2.45) is 11.8 Å². The standard InChI is InChI=1S/C18H30N4O2.2CH2O2/c1-5-18-19-11(2)16(21-18)10-22-8-13-6-15(20-12(3)23)17(24-4)7-14(13)9-22;2*2-1-3/h13-15,17H,5-10H2,1-4H3,(H,19,21)(H,20,23);2*1H,(H,2,3)/t13-,14+,15-,17-;;/m1../s1. The number of amides is 1. The molecule has 2 fully saturated rings. The summed E-state index contributed by atoms with van der Waals surface area (Å²) < 4.78 is 5.65. The Bertz CT molecular complexity index is 674. The summed E-state index contributed by atoms with van der Waals surface area (Å²) in [7, 11) is 1.76. The zero-order valence-electron chi connectivity index (χ0n) is 18.1. The third-order valence-electron chi connectivity index (χ3n) is 5.63. The largest absolute Gasteiger partial charge is 0.483 e. The molecule has 1 aliphatic carbocycles. The van der Waals surface area contributed by atoms with Gasteiger partial charge in [0.05, 0.1) is 17.8 Å². The van der Waals surface area contributed by atoms with E-state index in [1.54, 1.807) is 14.0 Å². The second-order valence-electron chi connectivity index (χ2n) is 7.59. The Hall–Kier alpha value is -2.46. The van der Waals surface area contributed by atoms with E-state index in [1.807, 2.05) is 0 Å². The number of fused-ring (bicyclic) bond motifs is 1.